The Labute approximate surface area is 111 Å². The zero-order valence-corrected chi connectivity index (χ0v) is 10.3. The summed E-state index contributed by atoms with van der Waals surface area (Å²) in [6.07, 6.45) is 1.53. The van der Waals surface area contributed by atoms with E-state index in [-0.39, 0.29) is 16.5 Å². The Morgan fingerprint density at radius 2 is 2.32 bits per heavy atom. The molecular weight excluding hydrogens is 265 g/mol. The number of H-pyrrole nitrogens is 1. The Morgan fingerprint density at radius 1 is 1.47 bits per heavy atom. The van der Waals surface area contributed by atoms with Crippen molar-refractivity contribution in [3.05, 3.63) is 51.9 Å². The highest BCUT2D eigenvalue weighted by Gasteiger charge is 2.17. The number of thiazole rings is 1. The Bertz CT molecular complexity index is 828. The highest BCUT2D eigenvalue weighted by atomic mass is 32.1. The number of nitrogens with zero attached hydrogens (tertiary/aromatic N) is 2. The first-order valence-corrected chi connectivity index (χ1v) is 6.24. The summed E-state index contributed by atoms with van der Waals surface area (Å²) >= 11 is 1.10. The number of aromatic nitrogens is 2. The fraction of sp³-hybridized carbons (Fsp3) is 0. The first-order valence-electron chi connectivity index (χ1n) is 5.36. The maximum absolute atomic E-state index is 13.2. The second kappa shape index (κ2) is 4.30. The summed E-state index contributed by atoms with van der Waals surface area (Å²) in [5.41, 5.74) is 1.24. The molecule has 3 aromatic rings. The molecule has 0 fully saturated rings. The fourth-order valence-corrected chi connectivity index (χ4v) is 2.52. The molecule has 0 amide bonds. The number of hydrogen-bond acceptors (Lipinski definition) is 4. The van der Waals surface area contributed by atoms with Gasteiger partial charge in [-0.2, -0.15) is 5.26 Å². The van der Waals surface area contributed by atoms with Gasteiger partial charge in [-0.1, -0.05) is 0 Å². The molecule has 19 heavy (non-hydrogen) atoms. The van der Waals surface area contributed by atoms with Crippen LogP contribution in [0, 0.1) is 17.1 Å². The van der Waals surface area contributed by atoms with Crippen LogP contribution in [-0.4, -0.2) is 15.8 Å². The zero-order valence-electron chi connectivity index (χ0n) is 9.48. The van der Waals surface area contributed by atoms with Crippen LogP contribution in [-0.2, 0) is 0 Å². The zero-order chi connectivity index (χ0) is 13.4. The Morgan fingerprint density at radius 3 is 3.05 bits per heavy atom. The molecule has 0 atom stereocenters. The monoisotopic (exact) mass is 271 g/mol. The molecule has 0 spiro atoms. The van der Waals surface area contributed by atoms with E-state index < -0.39 is 5.82 Å². The van der Waals surface area contributed by atoms with Gasteiger partial charge in [0.25, 0.3) is 0 Å². The van der Waals surface area contributed by atoms with Crippen molar-refractivity contribution in [2.24, 2.45) is 0 Å². The van der Waals surface area contributed by atoms with Gasteiger partial charge < -0.3 is 4.98 Å². The van der Waals surface area contributed by atoms with Gasteiger partial charge >= 0.3 is 0 Å². The van der Waals surface area contributed by atoms with Gasteiger partial charge in [0.2, 0.25) is 5.78 Å². The lowest BCUT2D eigenvalue weighted by Gasteiger charge is -1.95. The molecule has 92 valence electrons. The molecule has 0 bridgehead atoms. The minimum absolute atomic E-state index is 0.208. The summed E-state index contributed by atoms with van der Waals surface area (Å²) in [6, 6.07) is 6.07. The molecule has 2 aromatic heterocycles. The molecule has 0 aliphatic rings. The molecule has 0 saturated heterocycles. The fourth-order valence-electron chi connectivity index (χ4n) is 1.83. The van der Waals surface area contributed by atoms with E-state index in [2.05, 4.69) is 9.97 Å². The van der Waals surface area contributed by atoms with Crippen LogP contribution in [0.3, 0.4) is 0 Å². The Kier molecular flexibility index (Phi) is 2.62. The topological polar surface area (TPSA) is 69.5 Å². The lowest BCUT2D eigenvalue weighted by molar-refractivity contribution is 0.104. The van der Waals surface area contributed by atoms with Crippen molar-refractivity contribution in [1.82, 2.24) is 9.97 Å². The van der Waals surface area contributed by atoms with Crippen molar-refractivity contribution < 1.29 is 9.18 Å². The lowest BCUT2D eigenvalue weighted by atomic mass is 10.1. The number of carbonyl (C=O) groups excluding carboxylic acids is 1. The van der Waals surface area contributed by atoms with Gasteiger partial charge in [-0.05, 0) is 18.2 Å². The maximum Gasteiger partial charge on any atom is 0.223 e. The van der Waals surface area contributed by atoms with Crippen molar-refractivity contribution in [1.29, 1.82) is 5.26 Å². The van der Waals surface area contributed by atoms with Gasteiger partial charge in [0.05, 0.1) is 5.56 Å². The average molecular weight is 271 g/mol. The molecule has 1 N–H and O–H groups in total. The molecule has 0 saturated carbocycles. The van der Waals surface area contributed by atoms with E-state index >= 15 is 0 Å². The van der Waals surface area contributed by atoms with Gasteiger partial charge in [0, 0.05) is 22.5 Å². The van der Waals surface area contributed by atoms with Crippen molar-refractivity contribution in [3.63, 3.8) is 0 Å². The van der Waals surface area contributed by atoms with Crippen LogP contribution in [0.2, 0.25) is 0 Å². The number of ketones is 1. The first-order chi connectivity index (χ1) is 9.19. The summed E-state index contributed by atoms with van der Waals surface area (Å²) in [4.78, 5) is 19.1. The van der Waals surface area contributed by atoms with Crippen LogP contribution in [0.5, 0.6) is 0 Å². The number of hydrogen-bond donors (Lipinski definition) is 1. The predicted molar refractivity (Wildman–Crippen MR) is 68.5 cm³/mol. The van der Waals surface area contributed by atoms with E-state index in [0.717, 1.165) is 11.3 Å². The van der Waals surface area contributed by atoms with E-state index in [9.17, 15) is 9.18 Å². The third-order valence-corrected chi connectivity index (χ3v) is 3.54. The number of fused-ring (bicyclic) bond motifs is 1. The number of rotatable bonds is 2. The largest absolute Gasteiger partial charge is 0.360 e. The summed E-state index contributed by atoms with van der Waals surface area (Å²) in [6.45, 7) is 0. The Balaban J connectivity index is 2.11. The van der Waals surface area contributed by atoms with Gasteiger partial charge in [-0.25, -0.2) is 9.37 Å². The third kappa shape index (κ3) is 1.90. The molecule has 2 heterocycles. The van der Waals surface area contributed by atoms with Crippen molar-refractivity contribution in [2.45, 2.75) is 0 Å². The van der Waals surface area contributed by atoms with Crippen LogP contribution in [0.4, 0.5) is 4.39 Å². The Hall–Kier alpha value is -2.52. The number of benzene rings is 1. The highest BCUT2D eigenvalue weighted by molar-refractivity contribution is 7.12. The predicted octanol–water partition coefficient (Wildman–Crippen LogP) is 2.87. The van der Waals surface area contributed by atoms with Gasteiger partial charge in [0.1, 0.15) is 11.9 Å². The molecule has 0 aliphatic heterocycles. The van der Waals surface area contributed by atoms with Crippen LogP contribution in [0.15, 0.2) is 29.8 Å². The normalized spacial score (nSPS) is 10.5. The smallest absolute Gasteiger partial charge is 0.223 e. The maximum atomic E-state index is 13.2. The molecule has 3 rings (SSSR count). The second-order valence-electron chi connectivity index (χ2n) is 3.87. The standard InChI is InChI=1S/C13H6FN3OS/c14-7-1-2-11-9(3-7)10(5-16-11)12(18)13-17-8(4-15)6-19-13/h1-3,5-6,16H. The van der Waals surface area contributed by atoms with Crippen molar-refractivity contribution >= 4 is 28.0 Å². The van der Waals surface area contributed by atoms with Crippen LogP contribution in [0.25, 0.3) is 10.9 Å². The summed E-state index contributed by atoms with van der Waals surface area (Å²) in [5.74, 6) is -0.721. The van der Waals surface area contributed by atoms with Crippen molar-refractivity contribution in [3.8, 4) is 6.07 Å². The first kappa shape index (κ1) is 11.6. The average Bonchev–Trinajstić information content (AvgIpc) is 3.04. The van der Waals surface area contributed by atoms with Crippen LogP contribution in [0.1, 0.15) is 21.1 Å². The highest BCUT2D eigenvalue weighted by Crippen LogP contribution is 2.23. The number of halogens is 1. The van der Waals surface area contributed by atoms with Gasteiger partial charge in [-0.15, -0.1) is 11.3 Å². The second-order valence-corrected chi connectivity index (χ2v) is 4.73. The number of carbonyl (C=O) groups is 1. The van der Waals surface area contributed by atoms with Gasteiger partial charge in [0.15, 0.2) is 10.7 Å². The van der Waals surface area contributed by atoms with Crippen LogP contribution >= 0.6 is 11.3 Å². The summed E-state index contributed by atoms with van der Waals surface area (Å²) in [7, 11) is 0. The van der Waals surface area contributed by atoms with Crippen molar-refractivity contribution in [2.75, 3.05) is 0 Å². The van der Waals surface area contributed by atoms with E-state index in [0.29, 0.717) is 16.5 Å². The lowest BCUT2D eigenvalue weighted by Crippen LogP contribution is -1.99. The SMILES string of the molecule is N#Cc1csc(C(=O)c2c[nH]c3ccc(F)cc23)n1. The van der Waals surface area contributed by atoms with E-state index in [1.54, 1.807) is 6.07 Å². The molecule has 0 radical (unpaired) electrons. The molecule has 0 unspecified atom stereocenters. The van der Waals surface area contributed by atoms with E-state index in [1.165, 1.54) is 23.7 Å². The summed E-state index contributed by atoms with van der Waals surface area (Å²) < 4.78 is 13.2. The number of nitriles is 1. The molecule has 1 aromatic carbocycles. The van der Waals surface area contributed by atoms with E-state index in [1.807, 2.05) is 6.07 Å². The van der Waals surface area contributed by atoms with E-state index in [4.69, 9.17) is 5.26 Å². The van der Waals surface area contributed by atoms with Gasteiger partial charge in [-0.3, -0.25) is 4.79 Å². The third-order valence-electron chi connectivity index (χ3n) is 2.70. The number of nitrogens with one attached hydrogen (secondary N) is 1. The minimum atomic E-state index is -0.405. The molecular formula is C13H6FN3OS. The summed E-state index contributed by atoms with van der Waals surface area (Å²) in [5, 5.41) is 11.0. The molecule has 0 aliphatic carbocycles. The quantitative estimate of drug-likeness (QED) is 0.728. The minimum Gasteiger partial charge on any atom is -0.360 e. The number of aromatic amines is 1. The molecule has 6 heteroatoms. The van der Waals surface area contributed by atoms with Crippen LogP contribution < -0.4 is 0 Å². The molecule has 4 nitrogen and oxygen atoms in total.